The highest BCUT2D eigenvalue weighted by atomic mass is 35.5. The first-order chi connectivity index (χ1) is 17.7. The molecule has 0 aliphatic rings. The standard InChI is InChI=1S/C17H28N2O.C13H19ClN2O/c1-6-12-19(8-3)15(7-2)17(20)18-16-13(4)10-9-11-14(16)5;1-3-4-8-15-9-12(17)16-13-10(2)6-5-7-11(13)14/h9-11,15H,6-8,12H2,1-5H3,(H,18,20);5-7,15H,3-4,8-9H2,1-2H3,(H,16,17). The van der Waals surface area contributed by atoms with E-state index in [0.29, 0.717) is 17.3 Å². The maximum absolute atomic E-state index is 12.6. The number of unbranched alkanes of at least 4 members (excludes halogenated alkanes) is 1. The van der Waals surface area contributed by atoms with Crippen molar-refractivity contribution >= 4 is 34.8 Å². The number of carbonyl (C=O) groups is 2. The van der Waals surface area contributed by atoms with Crippen molar-refractivity contribution in [3.63, 3.8) is 0 Å². The zero-order chi connectivity index (χ0) is 27.8. The second-order valence-electron chi connectivity index (χ2n) is 9.32. The van der Waals surface area contributed by atoms with E-state index in [0.717, 1.165) is 67.7 Å². The zero-order valence-electron chi connectivity index (χ0n) is 23.8. The number of benzene rings is 2. The molecule has 0 radical (unpaired) electrons. The minimum Gasteiger partial charge on any atom is -0.324 e. The maximum Gasteiger partial charge on any atom is 0.241 e. The highest BCUT2D eigenvalue weighted by molar-refractivity contribution is 6.33. The van der Waals surface area contributed by atoms with E-state index in [2.05, 4.69) is 48.5 Å². The van der Waals surface area contributed by atoms with Gasteiger partial charge in [-0.05, 0) is 82.4 Å². The molecule has 0 saturated heterocycles. The summed E-state index contributed by atoms with van der Waals surface area (Å²) in [6.45, 7) is 17.5. The second-order valence-corrected chi connectivity index (χ2v) is 9.73. The molecule has 0 heterocycles. The van der Waals surface area contributed by atoms with Crippen LogP contribution in [0.4, 0.5) is 11.4 Å². The van der Waals surface area contributed by atoms with Crippen LogP contribution < -0.4 is 16.0 Å². The Bertz CT molecular complexity index is 940. The molecule has 2 amide bonds. The van der Waals surface area contributed by atoms with Gasteiger partial charge in [-0.2, -0.15) is 0 Å². The number of carbonyl (C=O) groups excluding carboxylic acids is 2. The molecule has 6 nitrogen and oxygen atoms in total. The Morgan fingerprint density at radius 2 is 1.46 bits per heavy atom. The summed E-state index contributed by atoms with van der Waals surface area (Å²) in [4.78, 5) is 26.5. The van der Waals surface area contributed by atoms with Gasteiger partial charge in [0.1, 0.15) is 0 Å². The van der Waals surface area contributed by atoms with E-state index >= 15 is 0 Å². The predicted molar refractivity (Wildman–Crippen MR) is 159 cm³/mol. The molecule has 206 valence electrons. The zero-order valence-corrected chi connectivity index (χ0v) is 24.6. The van der Waals surface area contributed by atoms with Crippen LogP contribution in [0.25, 0.3) is 0 Å². The Morgan fingerprint density at radius 1 is 0.865 bits per heavy atom. The van der Waals surface area contributed by atoms with Crippen LogP contribution >= 0.6 is 11.6 Å². The van der Waals surface area contributed by atoms with Crippen LogP contribution in [0.2, 0.25) is 5.02 Å². The van der Waals surface area contributed by atoms with Crippen LogP contribution in [-0.2, 0) is 9.59 Å². The van der Waals surface area contributed by atoms with Crippen LogP contribution in [-0.4, -0.2) is 48.9 Å². The van der Waals surface area contributed by atoms with E-state index in [1.165, 1.54) is 0 Å². The van der Waals surface area contributed by atoms with Gasteiger partial charge in [0.2, 0.25) is 11.8 Å². The van der Waals surface area contributed by atoms with Crippen LogP contribution in [0.5, 0.6) is 0 Å². The molecule has 1 atom stereocenters. The fourth-order valence-electron chi connectivity index (χ4n) is 4.13. The van der Waals surface area contributed by atoms with E-state index in [-0.39, 0.29) is 17.9 Å². The highest BCUT2D eigenvalue weighted by Gasteiger charge is 2.23. The number of aryl methyl sites for hydroxylation is 3. The lowest BCUT2D eigenvalue weighted by Gasteiger charge is -2.29. The van der Waals surface area contributed by atoms with Gasteiger partial charge in [0.25, 0.3) is 0 Å². The summed E-state index contributed by atoms with van der Waals surface area (Å²) in [5.41, 5.74) is 4.87. The Balaban J connectivity index is 0.000000375. The van der Waals surface area contributed by atoms with Gasteiger partial charge in [0.15, 0.2) is 0 Å². The fourth-order valence-corrected chi connectivity index (χ4v) is 4.40. The quantitative estimate of drug-likeness (QED) is 0.251. The first-order valence-electron chi connectivity index (χ1n) is 13.6. The molecule has 2 aromatic rings. The van der Waals surface area contributed by atoms with Crippen LogP contribution in [0.15, 0.2) is 36.4 Å². The summed E-state index contributed by atoms with van der Waals surface area (Å²) in [7, 11) is 0. The topological polar surface area (TPSA) is 73.5 Å². The largest absolute Gasteiger partial charge is 0.324 e. The van der Waals surface area contributed by atoms with Crippen molar-refractivity contribution in [1.29, 1.82) is 0 Å². The van der Waals surface area contributed by atoms with Gasteiger partial charge in [-0.1, -0.05) is 76.0 Å². The summed E-state index contributed by atoms with van der Waals surface area (Å²) in [6, 6.07) is 11.6. The maximum atomic E-state index is 12.6. The molecule has 0 aromatic heterocycles. The summed E-state index contributed by atoms with van der Waals surface area (Å²) in [5, 5.41) is 9.61. The average molecular weight is 531 g/mol. The first-order valence-corrected chi connectivity index (χ1v) is 13.9. The van der Waals surface area contributed by atoms with Crippen molar-refractivity contribution in [2.24, 2.45) is 0 Å². The van der Waals surface area contributed by atoms with E-state index < -0.39 is 0 Å². The van der Waals surface area contributed by atoms with E-state index in [9.17, 15) is 9.59 Å². The third-order valence-corrected chi connectivity index (χ3v) is 6.57. The smallest absolute Gasteiger partial charge is 0.241 e. The molecule has 0 aliphatic carbocycles. The number of hydrogen-bond donors (Lipinski definition) is 3. The van der Waals surface area contributed by atoms with Gasteiger partial charge in [0.05, 0.1) is 23.3 Å². The third-order valence-electron chi connectivity index (χ3n) is 6.26. The summed E-state index contributed by atoms with van der Waals surface area (Å²) < 4.78 is 0. The molecule has 0 saturated carbocycles. The molecular weight excluding hydrogens is 484 g/mol. The van der Waals surface area contributed by atoms with Gasteiger partial charge in [-0.3, -0.25) is 14.5 Å². The number of hydrogen-bond acceptors (Lipinski definition) is 4. The highest BCUT2D eigenvalue weighted by Crippen LogP contribution is 2.25. The van der Waals surface area contributed by atoms with Gasteiger partial charge >= 0.3 is 0 Å². The number of amides is 2. The molecule has 1 unspecified atom stereocenters. The number of halogens is 1. The Kier molecular flexibility index (Phi) is 15.8. The molecule has 0 fully saturated rings. The molecule has 7 heteroatoms. The summed E-state index contributed by atoms with van der Waals surface area (Å²) >= 11 is 6.02. The Labute approximate surface area is 229 Å². The lowest BCUT2D eigenvalue weighted by Crippen LogP contribution is -2.44. The summed E-state index contributed by atoms with van der Waals surface area (Å²) in [5.74, 6) is 0.0532. The van der Waals surface area contributed by atoms with Crippen LogP contribution in [0.1, 0.15) is 70.1 Å². The van der Waals surface area contributed by atoms with Crippen LogP contribution in [0.3, 0.4) is 0 Å². The Hall–Kier alpha value is -2.41. The van der Waals surface area contributed by atoms with Crippen molar-refractivity contribution in [2.75, 3.05) is 36.8 Å². The lowest BCUT2D eigenvalue weighted by atomic mass is 10.1. The molecule has 3 N–H and O–H groups in total. The minimum atomic E-state index is -0.0581. The number of likely N-dealkylation sites (N-methyl/N-ethyl adjacent to an activating group) is 1. The van der Waals surface area contributed by atoms with E-state index in [1.54, 1.807) is 6.07 Å². The van der Waals surface area contributed by atoms with E-state index in [4.69, 9.17) is 11.6 Å². The Morgan fingerprint density at radius 3 is 1.97 bits per heavy atom. The molecule has 2 aromatic carbocycles. The predicted octanol–water partition coefficient (Wildman–Crippen LogP) is 6.73. The third kappa shape index (κ3) is 11.2. The van der Waals surface area contributed by atoms with Gasteiger partial charge in [-0.25, -0.2) is 0 Å². The number of anilines is 2. The van der Waals surface area contributed by atoms with Gasteiger partial charge in [-0.15, -0.1) is 0 Å². The monoisotopic (exact) mass is 530 g/mol. The number of rotatable bonds is 13. The SMILES string of the molecule is CCCCNCC(=O)Nc1c(C)cccc1Cl.CCCN(CC)C(CC)C(=O)Nc1c(C)cccc1C. The molecule has 0 bridgehead atoms. The van der Waals surface area contributed by atoms with Crippen molar-refractivity contribution in [3.8, 4) is 0 Å². The molecule has 37 heavy (non-hydrogen) atoms. The second kappa shape index (κ2) is 17.9. The van der Waals surface area contributed by atoms with Gasteiger partial charge in [0, 0.05) is 5.69 Å². The number of nitrogens with one attached hydrogen (secondary N) is 3. The van der Waals surface area contributed by atoms with Crippen LogP contribution in [0, 0.1) is 20.8 Å². The summed E-state index contributed by atoms with van der Waals surface area (Å²) in [6.07, 6.45) is 4.11. The number of para-hydroxylation sites is 2. The van der Waals surface area contributed by atoms with E-state index in [1.807, 2.05) is 51.1 Å². The van der Waals surface area contributed by atoms with Crippen molar-refractivity contribution in [1.82, 2.24) is 10.2 Å². The number of nitrogens with zero attached hydrogens (tertiary/aromatic N) is 1. The molecule has 0 aliphatic heterocycles. The normalized spacial score (nSPS) is 11.5. The molecule has 2 rings (SSSR count). The molecule has 0 spiro atoms. The lowest BCUT2D eigenvalue weighted by molar-refractivity contribution is -0.121. The van der Waals surface area contributed by atoms with Crippen molar-refractivity contribution in [3.05, 3.63) is 58.1 Å². The average Bonchev–Trinajstić information content (AvgIpc) is 2.87. The fraction of sp³-hybridized carbons (Fsp3) is 0.533. The minimum absolute atomic E-state index is 0.0426. The van der Waals surface area contributed by atoms with Crippen molar-refractivity contribution in [2.45, 2.75) is 80.2 Å². The van der Waals surface area contributed by atoms with Gasteiger partial charge < -0.3 is 16.0 Å². The first kappa shape index (κ1) is 32.6. The van der Waals surface area contributed by atoms with Crippen molar-refractivity contribution < 1.29 is 9.59 Å². The molecular formula is C30H47ClN4O2.